The van der Waals surface area contributed by atoms with Gasteiger partial charge >= 0.3 is 6.09 Å². The molecule has 16 heavy (non-hydrogen) atoms. The molecule has 1 heterocycles. The van der Waals surface area contributed by atoms with Gasteiger partial charge in [-0.2, -0.15) is 0 Å². The number of rotatable bonds is 3. The molecule has 1 aromatic carbocycles. The number of carbonyl (C=O) groups is 1. The number of ether oxygens (including phenoxy) is 3. The lowest BCUT2D eigenvalue weighted by atomic mass is 10.1. The molecule has 1 unspecified atom stereocenters. The lowest BCUT2D eigenvalue weighted by Crippen LogP contribution is -2.19. The zero-order chi connectivity index (χ0) is 11.5. The van der Waals surface area contributed by atoms with Crippen molar-refractivity contribution in [3.63, 3.8) is 0 Å². The summed E-state index contributed by atoms with van der Waals surface area (Å²) in [5.41, 5.74) is 0.854. The van der Waals surface area contributed by atoms with Gasteiger partial charge in [0.1, 0.15) is 6.61 Å². The van der Waals surface area contributed by atoms with E-state index in [1.807, 2.05) is 12.1 Å². The summed E-state index contributed by atoms with van der Waals surface area (Å²) in [5, 5.41) is 2.70. The number of amides is 1. The average Bonchev–Trinajstić information content (AvgIpc) is 2.74. The molecule has 1 aliphatic rings. The summed E-state index contributed by atoms with van der Waals surface area (Å²) in [4.78, 5) is 11.0. The zero-order valence-electron chi connectivity index (χ0n) is 9.15. The number of hydrogen-bond donors (Lipinski definition) is 1. The monoisotopic (exact) mass is 223 g/mol. The lowest BCUT2D eigenvalue weighted by Gasteiger charge is -2.15. The third-order valence-electron chi connectivity index (χ3n) is 2.48. The Morgan fingerprint density at radius 2 is 2.19 bits per heavy atom. The standard InChI is InChI=1S/C11H13NO4/c1-14-9-5-3-4-7(10(9)15-2)8-6-16-11(13)12-8/h3-5,8H,6H2,1-2H3,(H,12,13). The summed E-state index contributed by atoms with van der Waals surface area (Å²) < 4.78 is 15.3. The number of nitrogens with one attached hydrogen (secondary N) is 1. The van der Waals surface area contributed by atoms with Gasteiger partial charge in [0.05, 0.1) is 20.3 Å². The molecule has 0 radical (unpaired) electrons. The van der Waals surface area contributed by atoms with Gasteiger partial charge in [-0.25, -0.2) is 4.79 Å². The first-order chi connectivity index (χ1) is 7.76. The molecule has 0 spiro atoms. The van der Waals surface area contributed by atoms with E-state index in [1.54, 1.807) is 20.3 Å². The van der Waals surface area contributed by atoms with Crippen LogP contribution >= 0.6 is 0 Å². The fraction of sp³-hybridized carbons (Fsp3) is 0.364. The molecule has 1 atom stereocenters. The molecule has 1 aromatic rings. The van der Waals surface area contributed by atoms with Crippen molar-refractivity contribution < 1.29 is 19.0 Å². The van der Waals surface area contributed by atoms with E-state index in [4.69, 9.17) is 14.2 Å². The van der Waals surface area contributed by atoms with Gasteiger partial charge in [-0.1, -0.05) is 12.1 Å². The largest absolute Gasteiger partial charge is 0.493 e. The molecule has 1 aliphatic heterocycles. The Kier molecular flexibility index (Phi) is 2.85. The van der Waals surface area contributed by atoms with E-state index in [2.05, 4.69) is 5.32 Å². The third kappa shape index (κ3) is 1.76. The van der Waals surface area contributed by atoms with Crippen molar-refractivity contribution in [2.75, 3.05) is 20.8 Å². The predicted molar refractivity (Wildman–Crippen MR) is 56.8 cm³/mol. The van der Waals surface area contributed by atoms with Crippen molar-refractivity contribution in [3.05, 3.63) is 23.8 Å². The highest BCUT2D eigenvalue weighted by molar-refractivity contribution is 5.70. The van der Waals surface area contributed by atoms with E-state index in [0.717, 1.165) is 5.56 Å². The fourth-order valence-corrected chi connectivity index (χ4v) is 1.74. The van der Waals surface area contributed by atoms with E-state index in [9.17, 15) is 4.79 Å². The molecule has 5 heteroatoms. The minimum atomic E-state index is -0.408. The van der Waals surface area contributed by atoms with Crippen molar-refractivity contribution in [1.82, 2.24) is 5.32 Å². The molecule has 0 bridgehead atoms. The van der Waals surface area contributed by atoms with Crippen LogP contribution in [0.2, 0.25) is 0 Å². The summed E-state index contributed by atoms with van der Waals surface area (Å²) in [6.45, 7) is 0.308. The third-order valence-corrected chi connectivity index (χ3v) is 2.48. The van der Waals surface area contributed by atoms with Gasteiger partial charge in [0.25, 0.3) is 0 Å². The van der Waals surface area contributed by atoms with Crippen LogP contribution in [0.3, 0.4) is 0 Å². The normalized spacial score (nSPS) is 18.9. The number of alkyl carbamates (subject to hydrolysis) is 1. The summed E-state index contributed by atoms with van der Waals surface area (Å²) in [5.74, 6) is 1.27. The maximum absolute atomic E-state index is 11.0. The van der Waals surface area contributed by atoms with Crippen LogP contribution < -0.4 is 14.8 Å². The molecule has 0 saturated carbocycles. The Balaban J connectivity index is 2.36. The second-order valence-corrected chi connectivity index (χ2v) is 3.38. The van der Waals surface area contributed by atoms with Crippen molar-refractivity contribution >= 4 is 6.09 Å². The average molecular weight is 223 g/mol. The Morgan fingerprint density at radius 1 is 1.38 bits per heavy atom. The van der Waals surface area contributed by atoms with E-state index in [1.165, 1.54) is 0 Å². The number of cyclic esters (lactones) is 1. The number of benzene rings is 1. The van der Waals surface area contributed by atoms with Crippen molar-refractivity contribution in [2.45, 2.75) is 6.04 Å². The van der Waals surface area contributed by atoms with Gasteiger partial charge in [-0.05, 0) is 6.07 Å². The molecule has 2 rings (SSSR count). The second kappa shape index (κ2) is 4.30. The summed E-state index contributed by atoms with van der Waals surface area (Å²) in [6, 6.07) is 5.35. The van der Waals surface area contributed by atoms with Gasteiger partial charge < -0.3 is 19.5 Å². The summed E-state index contributed by atoms with van der Waals surface area (Å²) >= 11 is 0. The number of methoxy groups -OCH3 is 2. The number of carbonyl (C=O) groups excluding carboxylic acids is 1. The Morgan fingerprint density at radius 3 is 2.75 bits per heavy atom. The highest BCUT2D eigenvalue weighted by Crippen LogP contribution is 2.35. The van der Waals surface area contributed by atoms with Crippen LogP contribution in [0.25, 0.3) is 0 Å². The Bertz CT molecular complexity index is 405. The molecular weight excluding hydrogens is 210 g/mol. The maximum atomic E-state index is 11.0. The van der Waals surface area contributed by atoms with Gasteiger partial charge in [-0.15, -0.1) is 0 Å². The highest BCUT2D eigenvalue weighted by Gasteiger charge is 2.27. The first-order valence-electron chi connectivity index (χ1n) is 4.90. The molecule has 0 aromatic heterocycles. The van der Waals surface area contributed by atoms with Crippen molar-refractivity contribution in [2.24, 2.45) is 0 Å². The van der Waals surface area contributed by atoms with Gasteiger partial charge in [-0.3, -0.25) is 0 Å². The highest BCUT2D eigenvalue weighted by atomic mass is 16.6. The van der Waals surface area contributed by atoms with Crippen LogP contribution in [0.5, 0.6) is 11.5 Å². The van der Waals surface area contributed by atoms with E-state index >= 15 is 0 Å². The quantitative estimate of drug-likeness (QED) is 0.843. The van der Waals surface area contributed by atoms with Crippen LogP contribution in [0.4, 0.5) is 4.79 Å². The van der Waals surface area contributed by atoms with Gasteiger partial charge in [0.2, 0.25) is 0 Å². The van der Waals surface area contributed by atoms with Gasteiger partial charge in [0, 0.05) is 5.56 Å². The van der Waals surface area contributed by atoms with Crippen LogP contribution in [0.1, 0.15) is 11.6 Å². The molecule has 0 aliphatic carbocycles. The lowest BCUT2D eigenvalue weighted by molar-refractivity contribution is 0.176. The molecule has 1 amide bonds. The summed E-state index contributed by atoms with van der Waals surface area (Å²) in [6.07, 6.45) is -0.408. The Labute approximate surface area is 93.3 Å². The minimum Gasteiger partial charge on any atom is -0.493 e. The maximum Gasteiger partial charge on any atom is 0.407 e. The first kappa shape index (κ1) is 10.6. The molecule has 1 fully saturated rings. The van der Waals surface area contributed by atoms with E-state index in [0.29, 0.717) is 18.1 Å². The van der Waals surface area contributed by atoms with Crippen LogP contribution in [0.15, 0.2) is 18.2 Å². The number of para-hydroxylation sites is 1. The second-order valence-electron chi connectivity index (χ2n) is 3.38. The molecule has 5 nitrogen and oxygen atoms in total. The SMILES string of the molecule is COc1cccc(C2COC(=O)N2)c1OC. The number of hydrogen-bond acceptors (Lipinski definition) is 4. The Hall–Kier alpha value is -1.91. The molecule has 1 N–H and O–H groups in total. The molecule has 1 saturated heterocycles. The van der Waals surface area contributed by atoms with Crippen LogP contribution in [-0.2, 0) is 4.74 Å². The molecule has 86 valence electrons. The topological polar surface area (TPSA) is 56.8 Å². The first-order valence-corrected chi connectivity index (χ1v) is 4.90. The smallest absolute Gasteiger partial charge is 0.407 e. The molecular formula is C11H13NO4. The van der Waals surface area contributed by atoms with Crippen molar-refractivity contribution in [3.8, 4) is 11.5 Å². The van der Waals surface area contributed by atoms with Crippen molar-refractivity contribution in [1.29, 1.82) is 0 Å². The van der Waals surface area contributed by atoms with Crippen LogP contribution in [-0.4, -0.2) is 26.9 Å². The predicted octanol–water partition coefficient (Wildman–Crippen LogP) is 1.48. The zero-order valence-corrected chi connectivity index (χ0v) is 9.15. The minimum absolute atomic E-state index is 0.183. The van der Waals surface area contributed by atoms with Gasteiger partial charge in [0.15, 0.2) is 11.5 Å². The summed E-state index contributed by atoms with van der Waals surface area (Å²) in [7, 11) is 3.14. The van der Waals surface area contributed by atoms with E-state index < -0.39 is 6.09 Å². The fourth-order valence-electron chi connectivity index (χ4n) is 1.74. The van der Waals surface area contributed by atoms with Crippen LogP contribution in [0, 0.1) is 0 Å². The van der Waals surface area contributed by atoms with E-state index in [-0.39, 0.29) is 6.04 Å².